The van der Waals surface area contributed by atoms with Gasteiger partial charge in [-0.2, -0.15) is 0 Å². The standard InChI is InChI=1S/C14H23N3O3/c1-11-5-3-6-13(15)12(11)9-17(10-19)14(20-16-2)7-4-8-18/h3,5-6,8,14,16,19H,4,7,9-10,15H2,1-2H3. The number of nitrogens with two attached hydrogens (primary N) is 1. The van der Waals surface area contributed by atoms with Gasteiger partial charge in [-0.05, 0) is 30.5 Å². The molecule has 0 amide bonds. The Labute approximate surface area is 119 Å². The largest absolute Gasteiger partial charge is 0.398 e. The zero-order valence-electron chi connectivity index (χ0n) is 12.0. The van der Waals surface area contributed by atoms with Crippen LogP contribution in [0.4, 0.5) is 5.69 Å². The number of hydrogen-bond acceptors (Lipinski definition) is 6. The van der Waals surface area contributed by atoms with E-state index < -0.39 is 6.23 Å². The number of nitrogen functional groups attached to an aromatic ring is 1. The fourth-order valence-electron chi connectivity index (χ4n) is 2.05. The Balaban J connectivity index is 2.84. The molecule has 0 saturated heterocycles. The molecule has 4 N–H and O–H groups in total. The van der Waals surface area contributed by atoms with Crippen molar-refractivity contribution in [3.05, 3.63) is 29.3 Å². The molecular formula is C14H23N3O3. The molecule has 1 aromatic rings. The molecule has 1 unspecified atom stereocenters. The van der Waals surface area contributed by atoms with E-state index in [1.807, 2.05) is 25.1 Å². The van der Waals surface area contributed by atoms with E-state index in [0.717, 1.165) is 17.4 Å². The number of nitrogens with zero attached hydrogens (tertiary/aromatic N) is 1. The second-order valence-corrected chi connectivity index (χ2v) is 4.55. The van der Waals surface area contributed by atoms with Gasteiger partial charge in [0.15, 0.2) is 0 Å². The molecule has 0 bridgehead atoms. The van der Waals surface area contributed by atoms with Crippen LogP contribution in [0.25, 0.3) is 0 Å². The van der Waals surface area contributed by atoms with Crippen LogP contribution in [0, 0.1) is 6.92 Å². The summed E-state index contributed by atoms with van der Waals surface area (Å²) in [5.74, 6) is 0. The van der Waals surface area contributed by atoms with E-state index in [-0.39, 0.29) is 6.73 Å². The third kappa shape index (κ3) is 4.57. The Bertz CT molecular complexity index is 406. The highest BCUT2D eigenvalue weighted by molar-refractivity contribution is 5.50. The van der Waals surface area contributed by atoms with Crippen molar-refractivity contribution in [1.82, 2.24) is 10.4 Å². The molecule has 0 heterocycles. The predicted octanol–water partition coefficient (Wildman–Crippen LogP) is 0.785. The lowest BCUT2D eigenvalue weighted by Gasteiger charge is -2.29. The summed E-state index contributed by atoms with van der Waals surface area (Å²) in [5.41, 5.74) is 11.3. The van der Waals surface area contributed by atoms with Crippen LogP contribution in [0.1, 0.15) is 24.0 Å². The first kappa shape index (κ1) is 16.6. The van der Waals surface area contributed by atoms with E-state index in [9.17, 15) is 9.90 Å². The van der Waals surface area contributed by atoms with Crippen molar-refractivity contribution in [2.24, 2.45) is 0 Å². The van der Waals surface area contributed by atoms with Gasteiger partial charge in [-0.1, -0.05) is 12.1 Å². The number of hydroxylamine groups is 1. The number of aliphatic hydroxyl groups excluding tert-OH is 1. The van der Waals surface area contributed by atoms with Crippen LogP contribution in [0.15, 0.2) is 18.2 Å². The van der Waals surface area contributed by atoms with Crippen molar-refractivity contribution in [3.8, 4) is 0 Å². The summed E-state index contributed by atoms with van der Waals surface area (Å²) in [7, 11) is 1.64. The molecular weight excluding hydrogens is 258 g/mol. The van der Waals surface area contributed by atoms with E-state index in [1.165, 1.54) is 0 Å². The van der Waals surface area contributed by atoms with Gasteiger partial charge in [-0.3, -0.25) is 4.84 Å². The number of carbonyl (C=O) groups is 1. The van der Waals surface area contributed by atoms with E-state index in [4.69, 9.17) is 10.6 Å². The zero-order valence-corrected chi connectivity index (χ0v) is 12.0. The summed E-state index contributed by atoms with van der Waals surface area (Å²) >= 11 is 0. The molecule has 6 nitrogen and oxygen atoms in total. The number of aliphatic hydroxyl groups is 1. The Morgan fingerprint density at radius 3 is 2.85 bits per heavy atom. The van der Waals surface area contributed by atoms with Gasteiger partial charge in [0.05, 0.1) is 6.73 Å². The smallest absolute Gasteiger partial charge is 0.134 e. The molecule has 6 heteroatoms. The molecule has 0 aliphatic rings. The van der Waals surface area contributed by atoms with Crippen molar-refractivity contribution in [1.29, 1.82) is 0 Å². The second-order valence-electron chi connectivity index (χ2n) is 4.55. The monoisotopic (exact) mass is 281 g/mol. The average molecular weight is 281 g/mol. The average Bonchev–Trinajstić information content (AvgIpc) is 2.44. The van der Waals surface area contributed by atoms with Gasteiger partial charge in [0.2, 0.25) is 0 Å². The minimum Gasteiger partial charge on any atom is -0.398 e. The fourth-order valence-corrected chi connectivity index (χ4v) is 2.05. The Morgan fingerprint density at radius 2 is 2.30 bits per heavy atom. The molecule has 0 fully saturated rings. The number of carbonyl (C=O) groups excluding carboxylic acids is 1. The number of rotatable bonds is 9. The highest BCUT2D eigenvalue weighted by Crippen LogP contribution is 2.20. The normalized spacial score (nSPS) is 12.6. The first-order chi connectivity index (χ1) is 9.63. The van der Waals surface area contributed by atoms with Crippen LogP contribution in [0.5, 0.6) is 0 Å². The summed E-state index contributed by atoms with van der Waals surface area (Å²) in [6, 6.07) is 5.70. The van der Waals surface area contributed by atoms with Crippen LogP contribution in [-0.4, -0.2) is 36.3 Å². The zero-order chi connectivity index (χ0) is 15.0. The number of benzene rings is 1. The van der Waals surface area contributed by atoms with E-state index in [1.54, 1.807) is 11.9 Å². The molecule has 1 aromatic carbocycles. The number of aldehydes is 1. The van der Waals surface area contributed by atoms with E-state index >= 15 is 0 Å². The van der Waals surface area contributed by atoms with E-state index in [0.29, 0.717) is 25.1 Å². The van der Waals surface area contributed by atoms with Crippen LogP contribution in [0.2, 0.25) is 0 Å². The SMILES string of the molecule is CNOC(CCC=O)N(CO)Cc1c(C)cccc1N. The van der Waals surface area contributed by atoms with Crippen LogP contribution >= 0.6 is 0 Å². The number of aryl methyl sites for hydroxylation is 1. The van der Waals surface area contributed by atoms with Crippen molar-refractivity contribution in [2.75, 3.05) is 19.5 Å². The molecule has 0 saturated carbocycles. The van der Waals surface area contributed by atoms with Crippen LogP contribution in [0.3, 0.4) is 0 Å². The number of anilines is 1. The third-order valence-electron chi connectivity index (χ3n) is 3.18. The summed E-state index contributed by atoms with van der Waals surface area (Å²) in [6.07, 6.45) is 1.31. The van der Waals surface area contributed by atoms with Gasteiger partial charge in [0.1, 0.15) is 12.5 Å². The molecule has 1 rings (SSSR count). The number of nitrogens with one attached hydrogen (secondary N) is 1. The Hall–Kier alpha value is -1.47. The molecule has 0 aliphatic heterocycles. The van der Waals surface area contributed by atoms with Crippen molar-refractivity contribution in [3.63, 3.8) is 0 Å². The summed E-state index contributed by atoms with van der Waals surface area (Å²) < 4.78 is 0. The molecule has 1 atom stereocenters. The first-order valence-electron chi connectivity index (χ1n) is 6.59. The molecule has 0 aliphatic carbocycles. The molecule has 0 spiro atoms. The molecule has 0 aromatic heterocycles. The predicted molar refractivity (Wildman–Crippen MR) is 77.5 cm³/mol. The quantitative estimate of drug-likeness (QED) is 0.268. The maximum absolute atomic E-state index is 10.5. The van der Waals surface area contributed by atoms with Gasteiger partial charge in [0, 0.05) is 25.7 Å². The highest BCUT2D eigenvalue weighted by atomic mass is 16.7. The first-order valence-corrected chi connectivity index (χ1v) is 6.59. The Morgan fingerprint density at radius 1 is 1.55 bits per heavy atom. The molecule has 0 radical (unpaired) electrons. The van der Waals surface area contributed by atoms with E-state index in [2.05, 4.69) is 5.48 Å². The van der Waals surface area contributed by atoms with Gasteiger partial charge < -0.3 is 15.6 Å². The van der Waals surface area contributed by atoms with Gasteiger partial charge in [-0.25, -0.2) is 10.4 Å². The minimum absolute atomic E-state index is 0.182. The third-order valence-corrected chi connectivity index (χ3v) is 3.18. The van der Waals surface area contributed by atoms with Gasteiger partial charge >= 0.3 is 0 Å². The van der Waals surface area contributed by atoms with Crippen molar-refractivity contribution in [2.45, 2.75) is 32.5 Å². The van der Waals surface area contributed by atoms with Crippen molar-refractivity contribution >= 4 is 12.0 Å². The topological polar surface area (TPSA) is 87.8 Å². The lowest BCUT2D eigenvalue weighted by molar-refractivity contribution is -0.136. The molecule has 112 valence electrons. The van der Waals surface area contributed by atoms with Crippen LogP contribution < -0.4 is 11.2 Å². The lowest BCUT2D eigenvalue weighted by atomic mass is 10.1. The minimum atomic E-state index is -0.394. The number of hydrogen-bond donors (Lipinski definition) is 3. The summed E-state index contributed by atoms with van der Waals surface area (Å²) in [6.45, 7) is 2.25. The summed E-state index contributed by atoms with van der Waals surface area (Å²) in [5, 5.41) is 9.55. The van der Waals surface area contributed by atoms with Crippen molar-refractivity contribution < 1.29 is 14.7 Å². The highest BCUT2D eigenvalue weighted by Gasteiger charge is 2.20. The maximum atomic E-state index is 10.5. The summed E-state index contributed by atoms with van der Waals surface area (Å²) in [4.78, 5) is 17.6. The second kappa shape index (κ2) is 8.65. The fraction of sp³-hybridized carbons (Fsp3) is 0.500. The Kier molecular flexibility index (Phi) is 7.17. The van der Waals surface area contributed by atoms with Gasteiger partial charge in [-0.15, -0.1) is 0 Å². The molecule has 20 heavy (non-hydrogen) atoms. The van der Waals surface area contributed by atoms with Gasteiger partial charge in [0.25, 0.3) is 0 Å². The lowest BCUT2D eigenvalue weighted by Crippen LogP contribution is -2.40. The maximum Gasteiger partial charge on any atom is 0.134 e. The van der Waals surface area contributed by atoms with Crippen LogP contribution in [-0.2, 0) is 16.2 Å².